The van der Waals surface area contributed by atoms with E-state index in [1.807, 2.05) is 0 Å². The number of likely N-dealkylation sites (tertiary alicyclic amines) is 1. The van der Waals surface area contributed by atoms with Gasteiger partial charge in [0.15, 0.2) is 11.5 Å². The van der Waals surface area contributed by atoms with E-state index in [0.717, 1.165) is 12.8 Å². The van der Waals surface area contributed by atoms with Gasteiger partial charge in [-0.15, -0.1) is 0 Å². The molecule has 2 aromatic rings. The number of hydrogen-bond acceptors (Lipinski definition) is 6. The van der Waals surface area contributed by atoms with E-state index in [1.165, 1.54) is 25.3 Å². The monoisotopic (exact) mass is 446 g/mol. The summed E-state index contributed by atoms with van der Waals surface area (Å²) in [6.45, 7) is 4.32. The van der Waals surface area contributed by atoms with E-state index in [2.05, 4.69) is 11.6 Å². The summed E-state index contributed by atoms with van der Waals surface area (Å²) in [5.74, 6) is 1.76. The van der Waals surface area contributed by atoms with Crippen LogP contribution in [0.2, 0.25) is 0 Å². The molecule has 1 fully saturated rings. The van der Waals surface area contributed by atoms with Crippen LogP contribution in [0.1, 0.15) is 30.1 Å². The maximum Gasteiger partial charge on any atom is 0.261 e. The summed E-state index contributed by atoms with van der Waals surface area (Å²) in [5.41, 5.74) is 0.583. The molecular formula is C22H26N2O6S. The van der Waals surface area contributed by atoms with Gasteiger partial charge in [0.25, 0.3) is 15.9 Å². The lowest BCUT2D eigenvalue weighted by Gasteiger charge is -2.30. The molecule has 166 valence electrons. The van der Waals surface area contributed by atoms with Gasteiger partial charge in [-0.1, -0.05) is 6.92 Å². The lowest BCUT2D eigenvalue weighted by Crippen LogP contribution is -2.38. The predicted molar refractivity (Wildman–Crippen MR) is 116 cm³/mol. The molecule has 9 heteroatoms. The number of amides is 1. The largest absolute Gasteiger partial charge is 0.496 e. The molecule has 2 aliphatic rings. The molecule has 0 spiro atoms. The highest BCUT2D eigenvalue weighted by Crippen LogP contribution is 2.34. The molecule has 0 bridgehead atoms. The van der Waals surface area contributed by atoms with Crippen molar-refractivity contribution < 1.29 is 27.4 Å². The minimum Gasteiger partial charge on any atom is -0.496 e. The van der Waals surface area contributed by atoms with E-state index in [0.29, 0.717) is 55.2 Å². The van der Waals surface area contributed by atoms with Crippen LogP contribution >= 0.6 is 0 Å². The molecule has 1 saturated heterocycles. The zero-order valence-electron chi connectivity index (χ0n) is 17.6. The fourth-order valence-corrected chi connectivity index (χ4v) is 4.80. The Hall–Kier alpha value is -2.94. The molecule has 1 amide bonds. The Balaban J connectivity index is 1.60. The number of nitrogens with one attached hydrogen (secondary N) is 1. The van der Waals surface area contributed by atoms with Crippen molar-refractivity contribution in [3.8, 4) is 17.2 Å². The van der Waals surface area contributed by atoms with Crippen molar-refractivity contribution in [3.05, 3.63) is 42.0 Å². The number of nitrogens with zero attached hydrogens (tertiary/aromatic N) is 1. The van der Waals surface area contributed by atoms with Crippen molar-refractivity contribution in [3.63, 3.8) is 0 Å². The lowest BCUT2D eigenvalue weighted by molar-refractivity contribution is 0.0693. The Morgan fingerprint density at radius 1 is 1.06 bits per heavy atom. The average Bonchev–Trinajstić information content (AvgIpc) is 2.78. The molecule has 0 radical (unpaired) electrons. The van der Waals surface area contributed by atoms with Crippen LogP contribution in [0.4, 0.5) is 5.69 Å². The number of carbonyl (C=O) groups is 1. The molecule has 0 unspecified atom stereocenters. The Morgan fingerprint density at radius 3 is 2.48 bits per heavy atom. The third-order valence-corrected chi connectivity index (χ3v) is 6.96. The summed E-state index contributed by atoms with van der Waals surface area (Å²) in [5, 5.41) is 0. The average molecular weight is 447 g/mol. The van der Waals surface area contributed by atoms with E-state index >= 15 is 0 Å². The normalized spacial score (nSPS) is 16.6. The van der Waals surface area contributed by atoms with Gasteiger partial charge in [0.2, 0.25) is 0 Å². The summed E-state index contributed by atoms with van der Waals surface area (Å²) in [6.07, 6.45) is 1.86. The van der Waals surface area contributed by atoms with Crippen molar-refractivity contribution in [2.75, 3.05) is 38.1 Å². The highest BCUT2D eigenvalue weighted by Gasteiger charge is 2.26. The number of carbonyl (C=O) groups excluding carboxylic acids is 1. The fourth-order valence-electron chi connectivity index (χ4n) is 3.72. The van der Waals surface area contributed by atoms with Crippen LogP contribution < -0.4 is 18.9 Å². The van der Waals surface area contributed by atoms with Gasteiger partial charge >= 0.3 is 0 Å². The lowest BCUT2D eigenvalue weighted by atomic mass is 9.98. The first kappa shape index (κ1) is 21.3. The zero-order chi connectivity index (χ0) is 22.0. The first-order valence-electron chi connectivity index (χ1n) is 10.3. The summed E-state index contributed by atoms with van der Waals surface area (Å²) < 4.78 is 44.9. The van der Waals surface area contributed by atoms with Crippen LogP contribution in [0.3, 0.4) is 0 Å². The van der Waals surface area contributed by atoms with E-state index < -0.39 is 10.0 Å². The van der Waals surface area contributed by atoms with Crippen LogP contribution in [0, 0.1) is 5.92 Å². The van der Waals surface area contributed by atoms with Crippen molar-refractivity contribution in [1.29, 1.82) is 0 Å². The van der Waals surface area contributed by atoms with E-state index in [9.17, 15) is 13.2 Å². The summed E-state index contributed by atoms with van der Waals surface area (Å²) in [7, 11) is -2.47. The number of hydrogen-bond donors (Lipinski definition) is 1. The van der Waals surface area contributed by atoms with E-state index in [4.69, 9.17) is 14.2 Å². The molecule has 2 aromatic carbocycles. The molecule has 2 heterocycles. The number of fused-ring (bicyclic) bond motifs is 1. The summed E-state index contributed by atoms with van der Waals surface area (Å²) >= 11 is 0. The third kappa shape index (κ3) is 4.56. The number of ether oxygens (including phenoxy) is 3. The van der Waals surface area contributed by atoms with Crippen molar-refractivity contribution >= 4 is 21.6 Å². The van der Waals surface area contributed by atoms with Crippen molar-refractivity contribution in [2.24, 2.45) is 5.92 Å². The van der Waals surface area contributed by atoms with Gasteiger partial charge in [0.1, 0.15) is 19.0 Å². The van der Waals surface area contributed by atoms with Gasteiger partial charge in [-0.05, 0) is 49.1 Å². The molecule has 4 rings (SSSR count). The number of rotatable bonds is 5. The fraction of sp³-hybridized carbons (Fsp3) is 0.409. The van der Waals surface area contributed by atoms with Gasteiger partial charge < -0.3 is 19.1 Å². The van der Waals surface area contributed by atoms with Crippen molar-refractivity contribution in [1.82, 2.24) is 4.90 Å². The predicted octanol–water partition coefficient (Wildman–Crippen LogP) is 3.14. The maximum absolute atomic E-state index is 13.1. The first-order chi connectivity index (χ1) is 14.9. The van der Waals surface area contributed by atoms with E-state index in [1.54, 1.807) is 23.1 Å². The van der Waals surface area contributed by atoms with E-state index in [-0.39, 0.29) is 16.4 Å². The molecule has 0 saturated carbocycles. The second kappa shape index (κ2) is 8.66. The molecular weight excluding hydrogens is 420 g/mol. The Kier molecular flexibility index (Phi) is 5.95. The number of piperidine rings is 1. The molecule has 0 aliphatic carbocycles. The molecule has 0 aromatic heterocycles. The third-order valence-electron chi connectivity index (χ3n) is 5.58. The van der Waals surface area contributed by atoms with Gasteiger partial charge in [0.05, 0.1) is 23.3 Å². The number of anilines is 1. The molecule has 0 atom stereocenters. The second-order valence-electron chi connectivity index (χ2n) is 7.80. The van der Waals surface area contributed by atoms with Gasteiger partial charge in [-0.25, -0.2) is 8.42 Å². The SMILES string of the molecule is COc1ccc(S(=O)(=O)Nc2ccc3c(c2)OCCO3)cc1C(=O)N1CCC(C)CC1. The Morgan fingerprint density at radius 2 is 1.77 bits per heavy atom. The number of sulfonamides is 1. The number of benzene rings is 2. The molecule has 2 aliphatic heterocycles. The highest BCUT2D eigenvalue weighted by atomic mass is 32.2. The second-order valence-corrected chi connectivity index (χ2v) is 9.48. The minimum absolute atomic E-state index is 0.0167. The Labute approximate surface area is 182 Å². The van der Waals surface area contributed by atoms with Gasteiger partial charge in [-0.3, -0.25) is 9.52 Å². The van der Waals surface area contributed by atoms with Crippen molar-refractivity contribution in [2.45, 2.75) is 24.7 Å². The topological polar surface area (TPSA) is 94.2 Å². The van der Waals surface area contributed by atoms with Crippen LogP contribution in [0.5, 0.6) is 17.2 Å². The summed E-state index contributed by atoms with van der Waals surface area (Å²) in [6, 6.07) is 9.16. The minimum atomic E-state index is -3.93. The van der Waals surface area contributed by atoms with Gasteiger partial charge in [-0.2, -0.15) is 0 Å². The van der Waals surface area contributed by atoms with Crippen LogP contribution in [-0.4, -0.2) is 52.6 Å². The molecule has 8 nitrogen and oxygen atoms in total. The van der Waals surface area contributed by atoms with Gasteiger partial charge in [0, 0.05) is 19.2 Å². The quantitative estimate of drug-likeness (QED) is 0.758. The first-order valence-corrected chi connectivity index (χ1v) is 11.8. The zero-order valence-corrected chi connectivity index (χ0v) is 18.4. The smallest absolute Gasteiger partial charge is 0.261 e. The molecule has 1 N–H and O–H groups in total. The van der Waals surface area contributed by atoms with Crippen LogP contribution in [0.15, 0.2) is 41.3 Å². The molecule has 31 heavy (non-hydrogen) atoms. The Bertz CT molecular complexity index is 1080. The maximum atomic E-state index is 13.1. The number of methoxy groups -OCH3 is 1. The summed E-state index contributed by atoms with van der Waals surface area (Å²) in [4.78, 5) is 14.8. The standard InChI is InChI=1S/C22H26N2O6S/c1-15-7-9-24(10-8-15)22(25)18-14-17(4-6-19(18)28-2)31(26,27)23-16-3-5-20-21(13-16)30-12-11-29-20/h3-6,13-15,23H,7-12H2,1-2H3. The van der Waals surface area contributed by atoms with Crippen LogP contribution in [0.25, 0.3) is 0 Å². The van der Waals surface area contributed by atoms with Crippen LogP contribution in [-0.2, 0) is 10.0 Å². The highest BCUT2D eigenvalue weighted by molar-refractivity contribution is 7.92.